The van der Waals surface area contributed by atoms with E-state index in [1.54, 1.807) is 31.2 Å². The summed E-state index contributed by atoms with van der Waals surface area (Å²) in [6.45, 7) is 3.73. The number of hydrogen-bond donors (Lipinski definition) is 2. The van der Waals surface area contributed by atoms with E-state index in [0.29, 0.717) is 11.3 Å². The molecule has 168 valence electrons. The highest BCUT2D eigenvalue weighted by molar-refractivity contribution is 7.92. The van der Waals surface area contributed by atoms with Crippen molar-refractivity contribution >= 4 is 21.6 Å². The molecule has 3 aromatic carbocycles. The zero-order chi connectivity index (χ0) is 23.3. The molecule has 1 unspecified atom stereocenters. The van der Waals surface area contributed by atoms with Crippen molar-refractivity contribution in [1.82, 2.24) is 5.32 Å². The molecule has 2 N–H and O–H groups in total. The Balaban J connectivity index is 1.86. The van der Waals surface area contributed by atoms with Crippen LogP contribution in [0.3, 0.4) is 0 Å². The summed E-state index contributed by atoms with van der Waals surface area (Å²) in [6.07, 6.45) is 0.839. The van der Waals surface area contributed by atoms with Gasteiger partial charge in [-0.3, -0.25) is 9.52 Å². The van der Waals surface area contributed by atoms with Gasteiger partial charge in [-0.1, -0.05) is 31.2 Å². The average molecular weight is 457 g/mol. The standard InChI is InChI=1S/C24H25FN2O4S/c1-4-17-8-11-21(12-9-17)27-32(29,30)23-15-19(10-13-22(23)31-3)24(28)26-16(2)18-6-5-7-20(25)14-18/h5-16,27H,4H2,1-3H3,(H,26,28). The molecule has 0 aromatic heterocycles. The third kappa shape index (κ3) is 5.45. The minimum Gasteiger partial charge on any atom is -0.495 e. The normalized spacial score (nSPS) is 12.1. The fourth-order valence-corrected chi connectivity index (χ4v) is 4.44. The fourth-order valence-electron chi connectivity index (χ4n) is 3.19. The van der Waals surface area contributed by atoms with E-state index >= 15 is 0 Å². The van der Waals surface area contributed by atoms with Crippen LogP contribution in [0.2, 0.25) is 0 Å². The Morgan fingerprint density at radius 3 is 2.41 bits per heavy atom. The molecular formula is C24H25FN2O4S. The van der Waals surface area contributed by atoms with Crippen molar-refractivity contribution in [2.45, 2.75) is 31.2 Å². The molecule has 3 aromatic rings. The summed E-state index contributed by atoms with van der Waals surface area (Å²) >= 11 is 0. The van der Waals surface area contributed by atoms with Gasteiger partial charge in [0.2, 0.25) is 0 Å². The van der Waals surface area contributed by atoms with Gasteiger partial charge in [0.1, 0.15) is 16.5 Å². The Morgan fingerprint density at radius 2 is 1.78 bits per heavy atom. The molecule has 32 heavy (non-hydrogen) atoms. The number of rotatable bonds is 8. The van der Waals surface area contributed by atoms with E-state index in [4.69, 9.17) is 4.74 Å². The van der Waals surface area contributed by atoms with Crippen LogP contribution in [-0.2, 0) is 16.4 Å². The maximum atomic E-state index is 13.5. The minimum atomic E-state index is -4.02. The van der Waals surface area contributed by atoms with E-state index in [9.17, 15) is 17.6 Å². The fraction of sp³-hybridized carbons (Fsp3) is 0.208. The largest absolute Gasteiger partial charge is 0.495 e. The van der Waals surface area contributed by atoms with Gasteiger partial charge in [-0.15, -0.1) is 0 Å². The van der Waals surface area contributed by atoms with Crippen LogP contribution in [0, 0.1) is 5.82 Å². The monoisotopic (exact) mass is 456 g/mol. The molecule has 0 saturated heterocycles. The number of hydrogen-bond acceptors (Lipinski definition) is 4. The number of sulfonamides is 1. The number of anilines is 1. The second-order valence-electron chi connectivity index (χ2n) is 7.27. The van der Waals surface area contributed by atoms with Crippen molar-refractivity contribution in [3.8, 4) is 5.75 Å². The molecule has 0 fully saturated rings. The summed E-state index contributed by atoms with van der Waals surface area (Å²) in [5.74, 6) is -0.787. The van der Waals surface area contributed by atoms with E-state index in [2.05, 4.69) is 10.0 Å². The second kappa shape index (κ2) is 9.82. The molecule has 0 aliphatic rings. The first-order valence-corrected chi connectivity index (χ1v) is 11.6. The Kier molecular flexibility index (Phi) is 7.15. The molecule has 1 atom stereocenters. The molecule has 0 aliphatic carbocycles. The first kappa shape index (κ1) is 23.3. The van der Waals surface area contributed by atoms with Crippen molar-refractivity contribution in [1.29, 1.82) is 0 Å². The van der Waals surface area contributed by atoms with E-state index in [1.807, 2.05) is 19.1 Å². The predicted octanol–water partition coefficient (Wildman–Crippen LogP) is 4.69. The summed E-state index contributed by atoms with van der Waals surface area (Å²) in [7, 11) is -2.67. The van der Waals surface area contributed by atoms with Gasteiger partial charge in [-0.2, -0.15) is 0 Å². The first-order chi connectivity index (χ1) is 15.2. The van der Waals surface area contributed by atoms with E-state index in [1.165, 1.54) is 37.4 Å². The van der Waals surface area contributed by atoms with Gasteiger partial charge in [0, 0.05) is 11.3 Å². The smallest absolute Gasteiger partial charge is 0.265 e. The average Bonchev–Trinajstić information content (AvgIpc) is 2.78. The number of halogens is 1. The van der Waals surface area contributed by atoms with Crippen LogP contribution in [0.4, 0.5) is 10.1 Å². The van der Waals surface area contributed by atoms with Crippen LogP contribution < -0.4 is 14.8 Å². The second-order valence-corrected chi connectivity index (χ2v) is 8.92. The quantitative estimate of drug-likeness (QED) is 0.515. The number of carbonyl (C=O) groups is 1. The van der Waals surface area contributed by atoms with Gasteiger partial charge >= 0.3 is 0 Å². The van der Waals surface area contributed by atoms with Crippen LogP contribution in [0.1, 0.15) is 41.4 Å². The van der Waals surface area contributed by atoms with Gasteiger partial charge < -0.3 is 10.1 Å². The van der Waals surface area contributed by atoms with Crippen LogP contribution in [0.25, 0.3) is 0 Å². The zero-order valence-corrected chi connectivity index (χ0v) is 18.9. The van der Waals surface area contributed by atoms with Gasteiger partial charge in [0.25, 0.3) is 15.9 Å². The molecule has 0 radical (unpaired) electrons. The van der Waals surface area contributed by atoms with Crippen molar-refractivity contribution < 1.29 is 22.3 Å². The maximum absolute atomic E-state index is 13.5. The molecule has 6 nitrogen and oxygen atoms in total. The predicted molar refractivity (Wildman–Crippen MR) is 122 cm³/mol. The molecule has 0 aliphatic heterocycles. The summed E-state index contributed by atoms with van der Waals surface area (Å²) in [5, 5.41) is 2.76. The number of benzene rings is 3. The van der Waals surface area contributed by atoms with E-state index < -0.39 is 27.8 Å². The topological polar surface area (TPSA) is 84.5 Å². The SMILES string of the molecule is CCc1ccc(NS(=O)(=O)c2cc(C(=O)NC(C)c3cccc(F)c3)ccc2OC)cc1. The number of aryl methyl sites for hydroxylation is 1. The summed E-state index contributed by atoms with van der Waals surface area (Å²) in [5.41, 5.74) is 2.21. The molecule has 0 bridgehead atoms. The number of amides is 1. The molecule has 8 heteroatoms. The molecule has 1 amide bonds. The van der Waals surface area contributed by atoms with E-state index in [0.717, 1.165) is 12.0 Å². The van der Waals surface area contributed by atoms with Crippen LogP contribution in [-0.4, -0.2) is 21.4 Å². The highest BCUT2D eigenvalue weighted by Gasteiger charge is 2.22. The Labute approximate surface area is 187 Å². The Morgan fingerprint density at radius 1 is 1.06 bits per heavy atom. The maximum Gasteiger partial charge on any atom is 0.265 e. The zero-order valence-electron chi connectivity index (χ0n) is 18.1. The summed E-state index contributed by atoms with van der Waals surface area (Å²) < 4.78 is 47.3. The van der Waals surface area contributed by atoms with E-state index in [-0.39, 0.29) is 16.2 Å². The van der Waals surface area contributed by atoms with Gasteiger partial charge in [-0.05, 0) is 66.9 Å². The number of ether oxygens (including phenoxy) is 1. The molecule has 0 saturated carbocycles. The highest BCUT2D eigenvalue weighted by Crippen LogP contribution is 2.27. The van der Waals surface area contributed by atoms with Crippen LogP contribution >= 0.6 is 0 Å². The lowest BCUT2D eigenvalue weighted by Crippen LogP contribution is -2.27. The molecular weight excluding hydrogens is 431 g/mol. The Bertz CT molecular complexity index is 1210. The third-order valence-electron chi connectivity index (χ3n) is 5.03. The van der Waals surface area contributed by atoms with Crippen molar-refractivity contribution in [2.24, 2.45) is 0 Å². The first-order valence-electron chi connectivity index (χ1n) is 10.1. The van der Waals surface area contributed by atoms with Crippen molar-refractivity contribution in [3.05, 3.63) is 89.2 Å². The number of carbonyl (C=O) groups excluding carboxylic acids is 1. The number of methoxy groups -OCH3 is 1. The Hall–Kier alpha value is -3.39. The molecule has 3 rings (SSSR count). The minimum absolute atomic E-state index is 0.109. The van der Waals surface area contributed by atoms with Gasteiger partial charge in [0.05, 0.1) is 13.2 Å². The molecule has 0 heterocycles. The van der Waals surface area contributed by atoms with Crippen molar-refractivity contribution in [2.75, 3.05) is 11.8 Å². The lowest BCUT2D eigenvalue weighted by atomic mass is 10.1. The lowest BCUT2D eigenvalue weighted by Gasteiger charge is -2.16. The van der Waals surface area contributed by atoms with Crippen LogP contribution in [0.15, 0.2) is 71.6 Å². The van der Waals surface area contributed by atoms with Gasteiger partial charge in [-0.25, -0.2) is 12.8 Å². The summed E-state index contributed by atoms with van der Waals surface area (Å²) in [6, 6.07) is 16.6. The highest BCUT2D eigenvalue weighted by atomic mass is 32.2. The van der Waals surface area contributed by atoms with Crippen LogP contribution in [0.5, 0.6) is 5.75 Å². The molecule has 0 spiro atoms. The lowest BCUT2D eigenvalue weighted by molar-refractivity contribution is 0.0939. The summed E-state index contributed by atoms with van der Waals surface area (Å²) in [4.78, 5) is 12.6. The van der Waals surface area contributed by atoms with Gasteiger partial charge in [0.15, 0.2) is 0 Å². The number of nitrogens with one attached hydrogen (secondary N) is 2. The third-order valence-corrected chi connectivity index (χ3v) is 6.43. The van der Waals surface area contributed by atoms with Crippen molar-refractivity contribution in [3.63, 3.8) is 0 Å².